The van der Waals surface area contributed by atoms with E-state index in [1.165, 1.54) is 19.1 Å². The fraction of sp³-hybridized carbons (Fsp3) is 0.0769. The Labute approximate surface area is 121 Å². The molecule has 0 spiro atoms. The largest absolute Gasteiger partial charge is 0.476 e. The van der Waals surface area contributed by atoms with Crippen LogP contribution in [0.4, 0.5) is 0 Å². The summed E-state index contributed by atoms with van der Waals surface area (Å²) in [7, 11) is 0. The summed E-state index contributed by atoms with van der Waals surface area (Å²) in [5.74, 6) is -1.54. The van der Waals surface area contributed by atoms with E-state index in [1.807, 2.05) is 0 Å². The van der Waals surface area contributed by atoms with Gasteiger partial charge in [0.25, 0.3) is 17.1 Å². The van der Waals surface area contributed by atoms with Gasteiger partial charge in [-0.05, 0) is 13.0 Å². The Morgan fingerprint density at radius 3 is 2.50 bits per heavy atom. The van der Waals surface area contributed by atoms with Gasteiger partial charge in [-0.25, -0.2) is 4.79 Å². The van der Waals surface area contributed by atoms with E-state index in [4.69, 9.17) is 0 Å². The standard InChI is InChI=1S/C13H9N5O4/c1-6-10(19)14-13(16-15-6)18-11(20)8-5-3-2-4-7(8)9(17-18)12(21)22/h2-5H,1H3,(H,21,22)(H,14,16,19). The predicted octanol–water partition coefficient (Wildman–Crippen LogP) is -0.129. The zero-order chi connectivity index (χ0) is 15.9. The van der Waals surface area contributed by atoms with Crippen LogP contribution in [-0.4, -0.2) is 36.0 Å². The normalized spacial score (nSPS) is 10.8. The van der Waals surface area contributed by atoms with Crippen molar-refractivity contribution < 1.29 is 9.90 Å². The van der Waals surface area contributed by atoms with Crippen molar-refractivity contribution >= 4 is 16.7 Å². The van der Waals surface area contributed by atoms with Gasteiger partial charge in [0.05, 0.1) is 5.39 Å². The molecule has 3 rings (SSSR count). The van der Waals surface area contributed by atoms with Crippen molar-refractivity contribution in [2.45, 2.75) is 6.92 Å². The number of aromatic amines is 1. The molecular weight excluding hydrogens is 290 g/mol. The molecule has 0 bridgehead atoms. The van der Waals surface area contributed by atoms with Gasteiger partial charge in [-0.2, -0.15) is 9.78 Å². The molecule has 0 aliphatic heterocycles. The summed E-state index contributed by atoms with van der Waals surface area (Å²) in [6.07, 6.45) is 0. The first-order chi connectivity index (χ1) is 10.5. The van der Waals surface area contributed by atoms with E-state index in [9.17, 15) is 19.5 Å². The smallest absolute Gasteiger partial charge is 0.357 e. The van der Waals surface area contributed by atoms with Gasteiger partial charge in [-0.1, -0.05) is 18.2 Å². The first-order valence-corrected chi connectivity index (χ1v) is 6.18. The quantitative estimate of drug-likeness (QED) is 0.673. The number of nitrogens with zero attached hydrogens (tertiary/aromatic N) is 4. The number of nitrogens with one attached hydrogen (secondary N) is 1. The van der Waals surface area contributed by atoms with Gasteiger partial charge in [0.2, 0.25) is 0 Å². The molecule has 0 fully saturated rings. The summed E-state index contributed by atoms with van der Waals surface area (Å²) in [5, 5.41) is 20.7. The lowest BCUT2D eigenvalue weighted by molar-refractivity contribution is 0.0690. The Balaban J connectivity index is 2.42. The topological polar surface area (TPSA) is 131 Å². The van der Waals surface area contributed by atoms with Crippen LogP contribution in [0.25, 0.3) is 16.7 Å². The molecule has 9 nitrogen and oxygen atoms in total. The van der Waals surface area contributed by atoms with E-state index in [0.717, 1.165) is 4.68 Å². The second-order valence-corrected chi connectivity index (χ2v) is 4.48. The maximum absolute atomic E-state index is 12.4. The molecule has 0 unspecified atom stereocenters. The van der Waals surface area contributed by atoms with Crippen molar-refractivity contribution in [2.24, 2.45) is 0 Å². The third-order valence-electron chi connectivity index (χ3n) is 3.06. The Kier molecular flexibility index (Phi) is 3.02. The van der Waals surface area contributed by atoms with Crippen LogP contribution < -0.4 is 11.1 Å². The Hall–Kier alpha value is -3.36. The lowest BCUT2D eigenvalue weighted by Gasteiger charge is -2.07. The second-order valence-electron chi connectivity index (χ2n) is 4.48. The minimum absolute atomic E-state index is 0.121. The molecule has 22 heavy (non-hydrogen) atoms. The maximum Gasteiger partial charge on any atom is 0.357 e. The number of aryl methyl sites for hydroxylation is 1. The summed E-state index contributed by atoms with van der Waals surface area (Å²) in [6, 6.07) is 6.17. The van der Waals surface area contributed by atoms with Crippen LogP contribution in [0.1, 0.15) is 16.2 Å². The Morgan fingerprint density at radius 1 is 1.18 bits per heavy atom. The highest BCUT2D eigenvalue weighted by molar-refractivity contribution is 6.01. The average Bonchev–Trinajstić information content (AvgIpc) is 2.50. The number of carboxylic acids is 1. The number of aromatic nitrogens is 5. The van der Waals surface area contributed by atoms with Crippen LogP contribution in [0, 0.1) is 6.92 Å². The lowest BCUT2D eigenvalue weighted by Crippen LogP contribution is -2.29. The van der Waals surface area contributed by atoms with Gasteiger partial charge in [-0.3, -0.25) is 14.6 Å². The average molecular weight is 299 g/mol. The van der Waals surface area contributed by atoms with Crippen molar-refractivity contribution in [2.75, 3.05) is 0 Å². The van der Waals surface area contributed by atoms with Crippen molar-refractivity contribution in [3.05, 3.63) is 56.4 Å². The third kappa shape index (κ3) is 2.04. The van der Waals surface area contributed by atoms with E-state index in [1.54, 1.807) is 12.1 Å². The fourth-order valence-electron chi connectivity index (χ4n) is 1.97. The molecule has 2 aromatic heterocycles. The monoisotopic (exact) mass is 299 g/mol. The molecule has 0 aliphatic rings. The molecular formula is C13H9N5O4. The van der Waals surface area contributed by atoms with Gasteiger partial charge in [-0.15, -0.1) is 10.2 Å². The van der Waals surface area contributed by atoms with Gasteiger partial charge in [0, 0.05) is 5.39 Å². The first-order valence-electron chi connectivity index (χ1n) is 6.18. The number of rotatable bonds is 2. The summed E-state index contributed by atoms with van der Waals surface area (Å²) in [4.78, 5) is 37.7. The molecule has 2 N–H and O–H groups in total. The van der Waals surface area contributed by atoms with Crippen LogP contribution >= 0.6 is 0 Å². The van der Waals surface area contributed by atoms with Crippen LogP contribution in [0.15, 0.2) is 33.9 Å². The molecule has 110 valence electrons. The van der Waals surface area contributed by atoms with Crippen molar-refractivity contribution in [3.63, 3.8) is 0 Å². The van der Waals surface area contributed by atoms with Gasteiger partial charge < -0.3 is 5.11 Å². The van der Waals surface area contributed by atoms with Crippen LogP contribution in [0.3, 0.4) is 0 Å². The number of aromatic carboxylic acids is 1. The fourth-order valence-corrected chi connectivity index (χ4v) is 1.97. The maximum atomic E-state index is 12.4. The third-order valence-corrected chi connectivity index (χ3v) is 3.06. The molecule has 0 amide bonds. The van der Waals surface area contributed by atoms with Crippen molar-refractivity contribution in [3.8, 4) is 5.95 Å². The highest BCUT2D eigenvalue weighted by atomic mass is 16.4. The van der Waals surface area contributed by atoms with Crippen LogP contribution in [0.5, 0.6) is 0 Å². The van der Waals surface area contributed by atoms with Crippen LogP contribution in [0.2, 0.25) is 0 Å². The number of benzene rings is 1. The predicted molar refractivity (Wildman–Crippen MR) is 75.2 cm³/mol. The summed E-state index contributed by atoms with van der Waals surface area (Å²) in [6.45, 7) is 1.45. The Morgan fingerprint density at radius 2 is 1.86 bits per heavy atom. The molecule has 0 saturated heterocycles. The van der Waals surface area contributed by atoms with Gasteiger partial charge in [0.15, 0.2) is 5.69 Å². The summed E-state index contributed by atoms with van der Waals surface area (Å²) < 4.78 is 0.722. The molecule has 0 atom stereocenters. The number of H-pyrrole nitrogens is 1. The zero-order valence-corrected chi connectivity index (χ0v) is 11.3. The van der Waals surface area contributed by atoms with E-state index >= 15 is 0 Å². The zero-order valence-electron chi connectivity index (χ0n) is 11.3. The van der Waals surface area contributed by atoms with E-state index in [-0.39, 0.29) is 28.1 Å². The second kappa shape index (κ2) is 4.88. The number of carbonyl (C=O) groups is 1. The molecule has 3 aromatic rings. The number of carboxylic acid groups (broad SMARTS) is 1. The van der Waals surface area contributed by atoms with Gasteiger partial charge >= 0.3 is 5.97 Å². The Bertz CT molecular complexity index is 1020. The molecule has 9 heteroatoms. The molecule has 2 heterocycles. The van der Waals surface area contributed by atoms with Gasteiger partial charge in [0.1, 0.15) is 5.69 Å². The molecule has 0 saturated carbocycles. The molecule has 0 aliphatic carbocycles. The summed E-state index contributed by atoms with van der Waals surface area (Å²) >= 11 is 0. The van der Waals surface area contributed by atoms with Crippen molar-refractivity contribution in [1.29, 1.82) is 0 Å². The van der Waals surface area contributed by atoms with E-state index < -0.39 is 17.1 Å². The highest BCUT2D eigenvalue weighted by Gasteiger charge is 2.17. The highest BCUT2D eigenvalue weighted by Crippen LogP contribution is 2.13. The van der Waals surface area contributed by atoms with E-state index in [0.29, 0.717) is 0 Å². The van der Waals surface area contributed by atoms with Crippen molar-refractivity contribution in [1.82, 2.24) is 25.0 Å². The van der Waals surface area contributed by atoms with E-state index in [2.05, 4.69) is 20.3 Å². The SMILES string of the molecule is Cc1nnc(-n2nc(C(=O)O)c3ccccc3c2=O)[nH]c1=O. The first kappa shape index (κ1) is 13.6. The molecule has 0 radical (unpaired) electrons. The molecule has 1 aromatic carbocycles. The number of fused-ring (bicyclic) bond motifs is 1. The lowest BCUT2D eigenvalue weighted by atomic mass is 10.1. The minimum Gasteiger partial charge on any atom is -0.476 e. The minimum atomic E-state index is -1.30. The number of hydrogen-bond donors (Lipinski definition) is 2. The van der Waals surface area contributed by atoms with Crippen LogP contribution in [-0.2, 0) is 0 Å². The summed E-state index contributed by atoms with van der Waals surface area (Å²) in [5.41, 5.74) is -1.34. The number of hydrogen-bond acceptors (Lipinski definition) is 6.